The molecule has 8 nitrogen and oxygen atoms in total. The lowest BCUT2D eigenvalue weighted by Crippen LogP contribution is -3.12. The minimum atomic E-state index is -3.75. The van der Waals surface area contributed by atoms with Crippen molar-refractivity contribution in [3.05, 3.63) is 58.1 Å². The maximum atomic E-state index is 12.9. The molecule has 2 aromatic carbocycles. The van der Waals surface area contributed by atoms with Crippen LogP contribution in [0.1, 0.15) is 5.56 Å². The number of quaternary nitrogens is 1. The summed E-state index contributed by atoms with van der Waals surface area (Å²) in [7, 11) is -1.74. The van der Waals surface area contributed by atoms with Crippen LogP contribution in [0.15, 0.2) is 47.4 Å². The van der Waals surface area contributed by atoms with E-state index >= 15 is 0 Å². The van der Waals surface area contributed by atoms with Crippen LogP contribution in [0.2, 0.25) is 0 Å². The Morgan fingerprint density at radius 3 is 2.48 bits per heavy atom. The molecule has 0 radical (unpaired) electrons. The van der Waals surface area contributed by atoms with Gasteiger partial charge < -0.3 is 10.2 Å². The lowest BCUT2D eigenvalue weighted by Gasteiger charge is -2.29. The van der Waals surface area contributed by atoms with Gasteiger partial charge in [0.2, 0.25) is 10.0 Å². The second-order valence-electron chi connectivity index (χ2n) is 6.79. The molecule has 0 aromatic heterocycles. The second-order valence-corrected chi connectivity index (χ2v) is 8.73. The Bertz CT molecular complexity index is 954. The van der Waals surface area contributed by atoms with Gasteiger partial charge in [0.15, 0.2) is 0 Å². The first kappa shape index (κ1) is 19.3. The Kier molecular flexibility index (Phi) is 5.45. The number of piperazine rings is 1. The molecule has 1 saturated heterocycles. The van der Waals surface area contributed by atoms with Crippen molar-refractivity contribution in [3.63, 3.8) is 0 Å². The summed E-state index contributed by atoms with van der Waals surface area (Å²) in [6.07, 6.45) is 0. The van der Waals surface area contributed by atoms with Gasteiger partial charge in [-0.05, 0) is 36.8 Å². The third-order valence-corrected chi connectivity index (χ3v) is 6.57. The van der Waals surface area contributed by atoms with Gasteiger partial charge in [-0.25, -0.2) is 8.42 Å². The quantitative estimate of drug-likeness (QED) is 0.589. The maximum absolute atomic E-state index is 12.9. The molecule has 1 heterocycles. The summed E-state index contributed by atoms with van der Waals surface area (Å²) < 4.78 is 27.1. The number of sulfonamides is 1. The van der Waals surface area contributed by atoms with Gasteiger partial charge in [0.1, 0.15) is 5.69 Å². The van der Waals surface area contributed by atoms with Crippen molar-refractivity contribution in [2.75, 3.05) is 38.5 Å². The predicted molar refractivity (Wildman–Crippen MR) is 103 cm³/mol. The number of rotatable bonds is 5. The first-order valence-electron chi connectivity index (χ1n) is 8.71. The Labute approximate surface area is 158 Å². The number of aryl methyl sites for hydroxylation is 1. The molecule has 144 valence electrons. The molecular formula is C18H23N4O4S+. The zero-order chi connectivity index (χ0) is 19.6. The average molecular weight is 391 g/mol. The van der Waals surface area contributed by atoms with Crippen LogP contribution in [0.4, 0.5) is 17.1 Å². The SMILES string of the molecule is Cc1cccc(Nc2ccc(S(=O)(=O)N3CC[NH+](C)CC3)cc2[N+](=O)[O-])c1. The lowest BCUT2D eigenvalue weighted by atomic mass is 10.2. The highest BCUT2D eigenvalue weighted by Gasteiger charge is 2.31. The molecule has 0 atom stereocenters. The number of anilines is 2. The second kappa shape index (κ2) is 7.63. The van der Waals surface area contributed by atoms with Crippen LogP contribution in [0.5, 0.6) is 0 Å². The van der Waals surface area contributed by atoms with Gasteiger partial charge in [0, 0.05) is 11.8 Å². The fraction of sp³-hybridized carbons (Fsp3) is 0.333. The fourth-order valence-corrected chi connectivity index (χ4v) is 4.53. The number of nitrogens with zero attached hydrogens (tertiary/aromatic N) is 2. The van der Waals surface area contributed by atoms with Gasteiger partial charge in [0.25, 0.3) is 5.69 Å². The largest absolute Gasteiger partial charge is 0.350 e. The summed E-state index contributed by atoms with van der Waals surface area (Å²) in [4.78, 5) is 12.2. The first-order valence-corrected chi connectivity index (χ1v) is 10.1. The highest BCUT2D eigenvalue weighted by molar-refractivity contribution is 7.89. The summed E-state index contributed by atoms with van der Waals surface area (Å²) in [6.45, 7) is 4.17. The number of benzene rings is 2. The van der Waals surface area contributed by atoms with Crippen molar-refractivity contribution < 1.29 is 18.2 Å². The van der Waals surface area contributed by atoms with E-state index in [4.69, 9.17) is 0 Å². The number of likely N-dealkylation sites (N-methyl/N-ethyl adjacent to an activating group) is 1. The Hall–Kier alpha value is -2.49. The Balaban J connectivity index is 1.92. The van der Waals surface area contributed by atoms with Crippen molar-refractivity contribution in [1.82, 2.24) is 4.31 Å². The van der Waals surface area contributed by atoms with Gasteiger partial charge >= 0.3 is 0 Å². The highest BCUT2D eigenvalue weighted by atomic mass is 32.2. The molecule has 1 fully saturated rings. The minimum Gasteiger partial charge on any atom is -0.350 e. The van der Waals surface area contributed by atoms with Crippen LogP contribution in [-0.2, 0) is 10.0 Å². The Morgan fingerprint density at radius 1 is 1.15 bits per heavy atom. The molecular weight excluding hydrogens is 368 g/mol. The highest BCUT2D eigenvalue weighted by Crippen LogP contribution is 2.31. The van der Waals surface area contributed by atoms with Crippen LogP contribution >= 0.6 is 0 Å². The van der Waals surface area contributed by atoms with Gasteiger partial charge in [-0.3, -0.25) is 10.1 Å². The molecule has 0 unspecified atom stereocenters. The summed E-state index contributed by atoms with van der Waals surface area (Å²) in [5.74, 6) is 0. The molecule has 0 bridgehead atoms. The number of nitro groups is 1. The molecule has 27 heavy (non-hydrogen) atoms. The van der Waals surface area contributed by atoms with E-state index in [1.807, 2.05) is 32.2 Å². The Morgan fingerprint density at radius 2 is 1.85 bits per heavy atom. The normalized spacial score (nSPS) is 16.2. The zero-order valence-electron chi connectivity index (χ0n) is 15.3. The van der Waals surface area contributed by atoms with E-state index in [1.165, 1.54) is 21.3 Å². The maximum Gasteiger partial charge on any atom is 0.294 e. The van der Waals surface area contributed by atoms with E-state index in [0.717, 1.165) is 11.6 Å². The minimum absolute atomic E-state index is 0.0523. The summed E-state index contributed by atoms with van der Waals surface area (Å²) in [5, 5.41) is 14.5. The third-order valence-electron chi connectivity index (χ3n) is 4.68. The van der Waals surface area contributed by atoms with E-state index in [-0.39, 0.29) is 16.3 Å². The smallest absolute Gasteiger partial charge is 0.294 e. The molecule has 2 N–H and O–H groups in total. The summed E-state index contributed by atoms with van der Waals surface area (Å²) in [6, 6.07) is 11.4. The summed E-state index contributed by atoms with van der Waals surface area (Å²) in [5.41, 5.74) is 1.71. The van der Waals surface area contributed by atoms with E-state index in [0.29, 0.717) is 31.9 Å². The lowest BCUT2D eigenvalue weighted by molar-refractivity contribution is -0.883. The molecule has 0 saturated carbocycles. The monoisotopic (exact) mass is 391 g/mol. The molecule has 2 aromatic rings. The van der Waals surface area contributed by atoms with Gasteiger partial charge in [-0.2, -0.15) is 4.31 Å². The van der Waals surface area contributed by atoms with Gasteiger partial charge in [-0.15, -0.1) is 0 Å². The first-order chi connectivity index (χ1) is 12.8. The van der Waals surface area contributed by atoms with Crippen LogP contribution < -0.4 is 10.2 Å². The number of nitro benzene ring substituents is 1. The number of nitrogens with one attached hydrogen (secondary N) is 2. The topological polar surface area (TPSA) is 97.0 Å². The molecule has 0 spiro atoms. The van der Waals surface area contributed by atoms with Crippen molar-refractivity contribution in [2.45, 2.75) is 11.8 Å². The fourth-order valence-electron chi connectivity index (χ4n) is 3.06. The van der Waals surface area contributed by atoms with Crippen molar-refractivity contribution in [2.24, 2.45) is 0 Å². The molecule has 3 rings (SSSR count). The molecule has 9 heteroatoms. The molecule has 1 aliphatic rings. The van der Waals surface area contributed by atoms with Gasteiger partial charge in [0.05, 0.1) is 43.0 Å². The predicted octanol–water partition coefficient (Wildman–Crippen LogP) is 1.17. The standard InChI is InChI=1S/C18H22N4O4S/c1-14-4-3-5-15(12-14)19-17-7-6-16(13-18(17)22(23)24)27(25,26)21-10-8-20(2)9-11-21/h3-7,12-13,19H,8-11H2,1-2H3/p+1. The van der Waals surface area contributed by atoms with Crippen LogP contribution in [-0.4, -0.2) is 50.9 Å². The number of hydrogen-bond donors (Lipinski definition) is 2. The summed E-state index contributed by atoms with van der Waals surface area (Å²) >= 11 is 0. The zero-order valence-corrected chi connectivity index (χ0v) is 16.1. The van der Waals surface area contributed by atoms with Crippen molar-refractivity contribution in [3.8, 4) is 0 Å². The van der Waals surface area contributed by atoms with Crippen LogP contribution in [0.3, 0.4) is 0 Å². The van der Waals surface area contributed by atoms with E-state index < -0.39 is 14.9 Å². The van der Waals surface area contributed by atoms with E-state index in [2.05, 4.69) is 5.32 Å². The molecule has 1 aliphatic heterocycles. The van der Waals surface area contributed by atoms with Crippen LogP contribution in [0.25, 0.3) is 0 Å². The number of hydrogen-bond acceptors (Lipinski definition) is 5. The average Bonchev–Trinajstić information content (AvgIpc) is 2.62. The van der Waals surface area contributed by atoms with E-state index in [9.17, 15) is 18.5 Å². The van der Waals surface area contributed by atoms with E-state index in [1.54, 1.807) is 6.07 Å². The van der Waals surface area contributed by atoms with Crippen molar-refractivity contribution >= 4 is 27.1 Å². The molecule has 0 aliphatic carbocycles. The van der Waals surface area contributed by atoms with Crippen molar-refractivity contribution in [1.29, 1.82) is 0 Å². The van der Waals surface area contributed by atoms with Crippen LogP contribution in [0, 0.1) is 17.0 Å². The van der Waals surface area contributed by atoms with Gasteiger partial charge in [-0.1, -0.05) is 12.1 Å². The molecule has 0 amide bonds. The third kappa shape index (κ3) is 4.26.